The summed E-state index contributed by atoms with van der Waals surface area (Å²) >= 11 is 0. The molecule has 0 aliphatic heterocycles. The summed E-state index contributed by atoms with van der Waals surface area (Å²) in [4.78, 5) is 12.0. The number of hydrogen-bond acceptors (Lipinski definition) is 5. The summed E-state index contributed by atoms with van der Waals surface area (Å²) in [6, 6.07) is 13.0. The highest BCUT2D eigenvalue weighted by Gasteiger charge is 2.15. The van der Waals surface area contributed by atoms with E-state index in [4.69, 9.17) is 15.3 Å². The van der Waals surface area contributed by atoms with E-state index in [0.717, 1.165) is 52.5 Å². The van der Waals surface area contributed by atoms with Gasteiger partial charge in [0.15, 0.2) is 0 Å². The van der Waals surface area contributed by atoms with E-state index >= 15 is 0 Å². The number of hydrogen-bond donors (Lipinski definition) is 2. The molecule has 1 heterocycles. The summed E-state index contributed by atoms with van der Waals surface area (Å²) in [5.41, 5.74) is 4.28. The van der Waals surface area contributed by atoms with Crippen molar-refractivity contribution in [3.05, 3.63) is 59.8 Å². The van der Waals surface area contributed by atoms with Gasteiger partial charge < -0.3 is 14.8 Å². The normalized spacial score (nSPS) is 10.7. The summed E-state index contributed by atoms with van der Waals surface area (Å²) in [6.45, 7) is 5.32. The van der Waals surface area contributed by atoms with Gasteiger partial charge in [0.1, 0.15) is 18.1 Å². The van der Waals surface area contributed by atoms with Gasteiger partial charge in [0.05, 0.1) is 24.1 Å². The lowest BCUT2D eigenvalue weighted by Gasteiger charge is -2.18. The van der Waals surface area contributed by atoms with Crippen LogP contribution in [0.4, 0.5) is 10.5 Å². The topological polar surface area (TPSA) is 94.6 Å². The van der Waals surface area contributed by atoms with E-state index in [9.17, 15) is 4.79 Å². The molecule has 0 atom stereocenters. The zero-order chi connectivity index (χ0) is 23.1. The molecule has 0 fully saturated rings. The number of unbranched alkanes of at least 4 members (excludes halogenated alkanes) is 1. The molecule has 2 amide bonds. The summed E-state index contributed by atoms with van der Waals surface area (Å²) < 4.78 is 13.5. The SMILES string of the molecule is CCCCn1ccc(-c2ccc(OCc3c(NC(=O)N(C)N)cccc3OC)c(C)c2)n1. The first-order valence-electron chi connectivity index (χ1n) is 10.7. The van der Waals surface area contributed by atoms with Crippen LogP contribution in [0, 0.1) is 6.92 Å². The maximum absolute atomic E-state index is 12.0. The predicted molar refractivity (Wildman–Crippen MR) is 126 cm³/mol. The van der Waals surface area contributed by atoms with Crippen LogP contribution < -0.4 is 20.6 Å². The highest BCUT2D eigenvalue weighted by molar-refractivity contribution is 5.90. The number of methoxy groups -OCH3 is 1. The zero-order valence-corrected chi connectivity index (χ0v) is 19.1. The number of carbonyl (C=O) groups is 1. The van der Waals surface area contributed by atoms with E-state index in [1.807, 2.05) is 42.1 Å². The molecule has 3 N–H and O–H groups in total. The molecule has 8 nitrogen and oxygen atoms in total. The van der Waals surface area contributed by atoms with Crippen LogP contribution >= 0.6 is 0 Å². The second kappa shape index (κ2) is 10.7. The van der Waals surface area contributed by atoms with Crippen LogP contribution in [0.1, 0.15) is 30.9 Å². The number of urea groups is 1. The van der Waals surface area contributed by atoms with Gasteiger partial charge in [-0.1, -0.05) is 19.4 Å². The van der Waals surface area contributed by atoms with Crippen LogP contribution in [0.5, 0.6) is 11.5 Å². The van der Waals surface area contributed by atoms with Crippen LogP contribution in [-0.2, 0) is 13.2 Å². The molecular weight excluding hydrogens is 406 g/mol. The van der Waals surface area contributed by atoms with Crippen LogP contribution in [0.3, 0.4) is 0 Å². The summed E-state index contributed by atoms with van der Waals surface area (Å²) in [6.07, 6.45) is 4.27. The van der Waals surface area contributed by atoms with E-state index in [1.54, 1.807) is 19.2 Å². The molecule has 0 aliphatic carbocycles. The van der Waals surface area contributed by atoms with Gasteiger partial charge >= 0.3 is 6.03 Å². The summed E-state index contributed by atoms with van der Waals surface area (Å²) in [5.74, 6) is 6.90. The third-order valence-corrected chi connectivity index (χ3v) is 5.14. The molecule has 8 heteroatoms. The number of nitrogens with two attached hydrogens (primary N) is 1. The van der Waals surface area contributed by atoms with Gasteiger partial charge in [-0.2, -0.15) is 5.10 Å². The molecule has 0 saturated heterocycles. The quantitative estimate of drug-likeness (QED) is 0.290. The number of rotatable bonds is 9. The van der Waals surface area contributed by atoms with Gasteiger partial charge in [-0.25, -0.2) is 10.6 Å². The first kappa shape index (κ1) is 23.1. The Morgan fingerprint density at radius 1 is 1.22 bits per heavy atom. The molecular formula is C24H31N5O3. The molecule has 2 aromatic carbocycles. The standard InChI is InChI=1S/C24H31N5O3/c1-5-6-13-29-14-12-20(27-29)18-10-11-22(17(2)15-18)32-16-19-21(26-24(30)28(3)25)8-7-9-23(19)31-4/h7-12,14-15H,5-6,13,16,25H2,1-4H3,(H,26,30). The maximum Gasteiger partial charge on any atom is 0.335 e. The fourth-order valence-electron chi connectivity index (χ4n) is 3.31. The fraction of sp³-hybridized carbons (Fsp3) is 0.333. The molecule has 3 rings (SSSR count). The fourth-order valence-corrected chi connectivity index (χ4v) is 3.31. The van der Waals surface area contributed by atoms with Crippen molar-refractivity contribution in [2.75, 3.05) is 19.5 Å². The Balaban J connectivity index is 1.76. The largest absolute Gasteiger partial charge is 0.496 e. The average molecular weight is 438 g/mol. The Morgan fingerprint density at radius 3 is 2.72 bits per heavy atom. The van der Waals surface area contributed by atoms with Crippen LogP contribution in [0.15, 0.2) is 48.7 Å². The first-order chi connectivity index (χ1) is 15.4. The van der Waals surface area contributed by atoms with E-state index in [1.165, 1.54) is 7.05 Å². The second-order valence-corrected chi connectivity index (χ2v) is 7.61. The van der Waals surface area contributed by atoms with E-state index in [2.05, 4.69) is 23.4 Å². The van der Waals surface area contributed by atoms with Crippen molar-refractivity contribution in [2.24, 2.45) is 5.84 Å². The number of carbonyl (C=O) groups excluding carboxylic acids is 1. The Kier molecular flexibility index (Phi) is 7.72. The van der Waals surface area contributed by atoms with Crippen molar-refractivity contribution < 1.29 is 14.3 Å². The van der Waals surface area contributed by atoms with Gasteiger partial charge in [0.2, 0.25) is 0 Å². The number of aromatic nitrogens is 2. The van der Waals surface area contributed by atoms with E-state index in [0.29, 0.717) is 11.4 Å². The molecule has 0 aliphatic rings. The Hall–Kier alpha value is -3.52. The molecule has 1 aromatic heterocycles. The minimum atomic E-state index is -0.432. The van der Waals surface area contributed by atoms with Crippen LogP contribution in [0.25, 0.3) is 11.3 Å². The van der Waals surface area contributed by atoms with Crippen molar-refractivity contribution in [1.82, 2.24) is 14.8 Å². The lowest BCUT2D eigenvalue weighted by molar-refractivity contribution is 0.223. The third kappa shape index (κ3) is 5.59. The molecule has 3 aromatic rings. The maximum atomic E-state index is 12.0. The highest BCUT2D eigenvalue weighted by Crippen LogP contribution is 2.30. The van der Waals surface area contributed by atoms with Crippen molar-refractivity contribution in [2.45, 2.75) is 39.8 Å². The van der Waals surface area contributed by atoms with Crippen molar-refractivity contribution in [1.29, 1.82) is 0 Å². The summed E-state index contributed by atoms with van der Waals surface area (Å²) in [7, 11) is 3.06. The highest BCUT2D eigenvalue weighted by atomic mass is 16.5. The number of nitrogens with one attached hydrogen (secondary N) is 1. The third-order valence-electron chi connectivity index (χ3n) is 5.14. The lowest BCUT2D eigenvalue weighted by Crippen LogP contribution is -2.37. The van der Waals surface area contributed by atoms with E-state index in [-0.39, 0.29) is 6.61 Å². The smallest absolute Gasteiger partial charge is 0.335 e. The molecule has 0 bridgehead atoms. The van der Waals surface area contributed by atoms with Crippen molar-refractivity contribution in [3.63, 3.8) is 0 Å². The molecule has 0 spiro atoms. The van der Waals surface area contributed by atoms with Crippen molar-refractivity contribution >= 4 is 11.7 Å². The molecule has 0 saturated carbocycles. The van der Waals surface area contributed by atoms with E-state index < -0.39 is 6.03 Å². The van der Waals surface area contributed by atoms with Crippen molar-refractivity contribution in [3.8, 4) is 22.8 Å². The van der Waals surface area contributed by atoms with Gasteiger partial charge in [-0.3, -0.25) is 9.69 Å². The summed E-state index contributed by atoms with van der Waals surface area (Å²) in [5, 5.41) is 8.42. The Labute approximate surface area is 188 Å². The second-order valence-electron chi connectivity index (χ2n) is 7.61. The molecule has 0 unspecified atom stereocenters. The van der Waals surface area contributed by atoms with Gasteiger partial charge in [0, 0.05) is 25.4 Å². The van der Waals surface area contributed by atoms with Gasteiger partial charge in [-0.15, -0.1) is 0 Å². The minimum Gasteiger partial charge on any atom is -0.496 e. The zero-order valence-electron chi connectivity index (χ0n) is 19.1. The predicted octanol–water partition coefficient (Wildman–Crippen LogP) is 4.58. The number of benzene rings is 2. The number of ether oxygens (including phenoxy) is 2. The number of aryl methyl sites for hydroxylation is 2. The van der Waals surface area contributed by atoms with Gasteiger partial charge in [0.25, 0.3) is 0 Å². The minimum absolute atomic E-state index is 0.222. The molecule has 0 radical (unpaired) electrons. The first-order valence-corrected chi connectivity index (χ1v) is 10.7. The number of hydrazine groups is 1. The average Bonchev–Trinajstić information content (AvgIpc) is 3.26. The number of nitrogens with zero attached hydrogens (tertiary/aromatic N) is 3. The lowest BCUT2D eigenvalue weighted by atomic mass is 10.1. The monoisotopic (exact) mass is 437 g/mol. The van der Waals surface area contributed by atoms with Crippen LogP contribution in [0.2, 0.25) is 0 Å². The Bertz CT molecular complexity index is 1060. The molecule has 170 valence electrons. The Morgan fingerprint density at radius 2 is 2.03 bits per heavy atom. The number of amides is 2. The van der Waals surface area contributed by atoms with Crippen LogP contribution in [-0.4, -0.2) is 35.0 Å². The number of anilines is 1. The van der Waals surface area contributed by atoms with Gasteiger partial charge in [-0.05, 0) is 55.3 Å². The molecule has 32 heavy (non-hydrogen) atoms.